The molecule has 176 valence electrons. The molecule has 3 aliphatic carbocycles. The summed E-state index contributed by atoms with van der Waals surface area (Å²) in [5.41, 5.74) is 4.66. The van der Waals surface area contributed by atoms with Crippen LogP contribution in [0.2, 0.25) is 5.02 Å². The molecular formula is C29H37ClN2O. The van der Waals surface area contributed by atoms with E-state index in [1.165, 1.54) is 37.7 Å². The molecule has 2 N–H and O–H groups in total. The zero-order valence-corrected chi connectivity index (χ0v) is 20.7. The molecule has 0 aliphatic heterocycles. The first-order chi connectivity index (χ1) is 15.9. The number of fused-ring (bicyclic) bond motifs is 2. The standard InChI is InChI=1S/C29H37ClN2O/c1-19-12-20-14-21(13-19)17-29(2,16-20)23-6-11-28(26(30)15-23)32-25-9-7-24(8-10-25)31-27-5-3-4-22(27)18-33/h6-11,15,18-22,27,31-32H,3-5,12-14,16-17H2,1-2H3. The molecule has 0 saturated heterocycles. The van der Waals surface area contributed by atoms with Gasteiger partial charge < -0.3 is 15.4 Å². The SMILES string of the molecule is CC1CC2CC(C1)CC(C)(c1ccc(Nc3ccc(NC4CCCC4C=O)cc3)c(Cl)c1)C2. The van der Waals surface area contributed by atoms with Crippen molar-refractivity contribution >= 4 is 34.9 Å². The van der Waals surface area contributed by atoms with Gasteiger partial charge in [0.2, 0.25) is 0 Å². The average Bonchev–Trinajstić information content (AvgIpc) is 3.22. The molecule has 2 bridgehead atoms. The minimum Gasteiger partial charge on any atom is -0.382 e. The number of hydrogen-bond donors (Lipinski definition) is 2. The summed E-state index contributed by atoms with van der Waals surface area (Å²) in [5, 5.41) is 7.80. The van der Waals surface area contributed by atoms with Gasteiger partial charge in [-0.15, -0.1) is 0 Å². The molecule has 4 atom stereocenters. The van der Waals surface area contributed by atoms with Gasteiger partial charge >= 0.3 is 0 Å². The predicted molar refractivity (Wildman–Crippen MR) is 139 cm³/mol. The molecule has 3 saturated carbocycles. The highest BCUT2D eigenvalue weighted by atomic mass is 35.5. The number of rotatable bonds is 6. The zero-order chi connectivity index (χ0) is 23.0. The van der Waals surface area contributed by atoms with Gasteiger partial charge in [-0.1, -0.05) is 37.9 Å². The van der Waals surface area contributed by atoms with Gasteiger partial charge in [-0.25, -0.2) is 0 Å². The van der Waals surface area contributed by atoms with Gasteiger partial charge in [-0.3, -0.25) is 0 Å². The predicted octanol–water partition coefficient (Wildman–Crippen LogP) is 7.97. The zero-order valence-electron chi connectivity index (χ0n) is 19.9. The van der Waals surface area contributed by atoms with E-state index in [4.69, 9.17) is 11.6 Å². The first kappa shape index (κ1) is 22.8. The summed E-state index contributed by atoms with van der Waals surface area (Å²) in [4.78, 5) is 11.2. The van der Waals surface area contributed by atoms with Crippen molar-refractivity contribution in [3.63, 3.8) is 0 Å². The number of halogens is 1. The van der Waals surface area contributed by atoms with Crippen molar-refractivity contribution in [2.45, 2.75) is 76.7 Å². The molecule has 5 rings (SSSR count). The molecule has 0 spiro atoms. The largest absolute Gasteiger partial charge is 0.382 e. The molecule has 2 aromatic carbocycles. The Morgan fingerprint density at radius 3 is 2.33 bits per heavy atom. The third kappa shape index (κ3) is 4.94. The van der Waals surface area contributed by atoms with Gasteiger partial charge in [0, 0.05) is 23.3 Å². The Labute approximate surface area is 203 Å². The van der Waals surface area contributed by atoms with Crippen LogP contribution in [0.15, 0.2) is 42.5 Å². The molecule has 0 amide bonds. The van der Waals surface area contributed by atoms with Crippen LogP contribution in [0.4, 0.5) is 17.1 Å². The lowest BCUT2D eigenvalue weighted by Gasteiger charge is -2.47. The monoisotopic (exact) mass is 464 g/mol. The van der Waals surface area contributed by atoms with Crippen molar-refractivity contribution in [1.29, 1.82) is 0 Å². The summed E-state index contributed by atoms with van der Waals surface area (Å²) in [7, 11) is 0. The Morgan fingerprint density at radius 1 is 0.970 bits per heavy atom. The number of benzene rings is 2. The maximum atomic E-state index is 11.2. The first-order valence-corrected chi connectivity index (χ1v) is 13.2. The van der Waals surface area contributed by atoms with Crippen molar-refractivity contribution in [2.75, 3.05) is 10.6 Å². The highest BCUT2D eigenvalue weighted by Crippen LogP contribution is 2.51. The Bertz CT molecular complexity index is 970. The fourth-order valence-electron chi connectivity index (χ4n) is 7.17. The van der Waals surface area contributed by atoms with E-state index in [-0.39, 0.29) is 17.4 Å². The minimum atomic E-state index is 0.133. The van der Waals surface area contributed by atoms with Gasteiger partial charge in [0.15, 0.2) is 0 Å². The number of nitrogens with one attached hydrogen (secondary N) is 2. The van der Waals surface area contributed by atoms with Gasteiger partial charge in [0.1, 0.15) is 6.29 Å². The van der Waals surface area contributed by atoms with Gasteiger partial charge in [-0.2, -0.15) is 0 Å². The van der Waals surface area contributed by atoms with E-state index >= 15 is 0 Å². The molecule has 4 unspecified atom stereocenters. The molecule has 3 aliphatic rings. The summed E-state index contributed by atoms with van der Waals surface area (Å²) < 4.78 is 0. The van der Waals surface area contributed by atoms with Crippen LogP contribution < -0.4 is 10.6 Å². The molecule has 4 heteroatoms. The van der Waals surface area contributed by atoms with Gasteiger partial charge in [0.05, 0.1) is 10.7 Å². The number of anilines is 3. The lowest BCUT2D eigenvalue weighted by Crippen LogP contribution is -2.38. The lowest BCUT2D eigenvalue weighted by atomic mass is 9.57. The van der Waals surface area contributed by atoms with Gasteiger partial charge in [0.25, 0.3) is 0 Å². The van der Waals surface area contributed by atoms with Crippen LogP contribution in [0.1, 0.15) is 70.8 Å². The number of carbonyl (C=O) groups excluding carboxylic acids is 1. The van der Waals surface area contributed by atoms with Crippen molar-refractivity contribution in [1.82, 2.24) is 0 Å². The maximum absolute atomic E-state index is 11.2. The highest BCUT2D eigenvalue weighted by Gasteiger charge is 2.41. The Hall–Kier alpha value is -2.00. The number of aldehydes is 1. The normalized spacial score (nSPS) is 33.5. The van der Waals surface area contributed by atoms with E-state index in [2.05, 4.69) is 66.9 Å². The fourth-order valence-corrected chi connectivity index (χ4v) is 7.39. The van der Waals surface area contributed by atoms with Crippen molar-refractivity contribution in [3.8, 4) is 0 Å². The van der Waals surface area contributed by atoms with Crippen molar-refractivity contribution < 1.29 is 4.79 Å². The summed E-state index contributed by atoms with van der Waals surface area (Å²) >= 11 is 6.77. The van der Waals surface area contributed by atoms with Crippen molar-refractivity contribution in [2.24, 2.45) is 23.7 Å². The molecule has 33 heavy (non-hydrogen) atoms. The van der Waals surface area contributed by atoms with E-state index in [1.54, 1.807) is 0 Å². The second kappa shape index (κ2) is 9.33. The third-order valence-corrected chi connectivity index (χ3v) is 8.86. The summed E-state index contributed by atoms with van der Waals surface area (Å²) in [6.45, 7) is 4.88. The fraction of sp³-hybridized carbons (Fsp3) is 0.552. The van der Waals surface area contributed by atoms with Crippen LogP contribution >= 0.6 is 11.6 Å². The molecule has 3 fully saturated rings. The summed E-state index contributed by atoms with van der Waals surface area (Å²) in [5.74, 6) is 2.76. The second-order valence-electron chi connectivity index (χ2n) is 11.4. The van der Waals surface area contributed by atoms with Crippen LogP contribution in [0.5, 0.6) is 0 Å². The maximum Gasteiger partial charge on any atom is 0.125 e. The molecule has 0 aromatic heterocycles. The van der Waals surface area contributed by atoms with Crippen LogP contribution in [-0.4, -0.2) is 12.3 Å². The first-order valence-electron chi connectivity index (χ1n) is 12.8. The van der Waals surface area contributed by atoms with Crippen molar-refractivity contribution in [3.05, 3.63) is 53.1 Å². The molecule has 0 heterocycles. The molecular weight excluding hydrogens is 428 g/mol. The average molecular weight is 465 g/mol. The van der Waals surface area contributed by atoms with Gasteiger partial charge in [-0.05, 0) is 110 Å². The highest BCUT2D eigenvalue weighted by molar-refractivity contribution is 6.33. The number of hydrogen-bond acceptors (Lipinski definition) is 3. The van der Waals surface area contributed by atoms with E-state index in [9.17, 15) is 4.79 Å². The Morgan fingerprint density at radius 2 is 1.67 bits per heavy atom. The second-order valence-corrected chi connectivity index (χ2v) is 11.8. The number of carbonyl (C=O) groups is 1. The quantitative estimate of drug-likeness (QED) is 0.426. The van der Waals surface area contributed by atoms with Crippen LogP contribution in [0, 0.1) is 23.7 Å². The van der Waals surface area contributed by atoms with E-state index < -0.39 is 0 Å². The van der Waals surface area contributed by atoms with E-state index in [1.807, 2.05) is 0 Å². The topological polar surface area (TPSA) is 41.1 Å². The van der Waals surface area contributed by atoms with Crippen LogP contribution in [0.3, 0.4) is 0 Å². The lowest BCUT2D eigenvalue weighted by molar-refractivity contribution is -0.111. The smallest absolute Gasteiger partial charge is 0.125 e. The molecule has 0 radical (unpaired) electrons. The molecule has 2 aromatic rings. The Kier molecular flexibility index (Phi) is 6.44. The van der Waals surface area contributed by atoms with E-state index in [0.717, 1.165) is 65.4 Å². The van der Waals surface area contributed by atoms with Crippen LogP contribution in [0.25, 0.3) is 0 Å². The molecule has 3 nitrogen and oxygen atoms in total. The third-order valence-electron chi connectivity index (χ3n) is 8.54. The van der Waals surface area contributed by atoms with Crippen LogP contribution in [-0.2, 0) is 10.2 Å². The Balaban J connectivity index is 1.25. The minimum absolute atomic E-state index is 0.133. The summed E-state index contributed by atoms with van der Waals surface area (Å²) in [6, 6.07) is 15.2. The van der Waals surface area contributed by atoms with E-state index in [0.29, 0.717) is 0 Å². The summed E-state index contributed by atoms with van der Waals surface area (Å²) in [6.07, 6.45) is 11.1.